The summed E-state index contributed by atoms with van der Waals surface area (Å²) in [5.41, 5.74) is 2.18. The zero-order valence-electron chi connectivity index (χ0n) is 16.2. The standard InChI is InChI=1S/C20H23Cl2N3O3S/c1-14-3-4-17(22)13-19(14)24-9-11-25(12-10-24)20(26)15(2)23-29(27,28)18-7-5-16(21)6-8-18/h3-8,13,15,23H,9-12H2,1-2H3/t15-/m0/s1. The van der Waals surface area contributed by atoms with E-state index in [9.17, 15) is 13.2 Å². The Labute approximate surface area is 181 Å². The zero-order valence-corrected chi connectivity index (χ0v) is 18.6. The van der Waals surface area contributed by atoms with E-state index in [0.29, 0.717) is 36.2 Å². The molecule has 0 unspecified atom stereocenters. The number of carbonyl (C=O) groups is 1. The Morgan fingerprint density at radius 1 is 1.00 bits per heavy atom. The van der Waals surface area contributed by atoms with Crippen molar-refractivity contribution >= 4 is 44.8 Å². The molecule has 0 radical (unpaired) electrons. The fraction of sp³-hybridized carbons (Fsp3) is 0.350. The van der Waals surface area contributed by atoms with Crippen LogP contribution in [0.2, 0.25) is 10.0 Å². The predicted molar refractivity (Wildman–Crippen MR) is 116 cm³/mol. The van der Waals surface area contributed by atoms with Crippen molar-refractivity contribution in [2.24, 2.45) is 0 Å². The Kier molecular flexibility index (Phi) is 6.73. The molecule has 0 aliphatic carbocycles. The third-order valence-corrected chi connectivity index (χ3v) is 6.97. The summed E-state index contributed by atoms with van der Waals surface area (Å²) in [6.07, 6.45) is 0. The molecule has 9 heteroatoms. The number of nitrogens with zero attached hydrogens (tertiary/aromatic N) is 2. The first kappa shape index (κ1) is 21.9. The van der Waals surface area contributed by atoms with Gasteiger partial charge in [-0.05, 0) is 55.8 Å². The van der Waals surface area contributed by atoms with Gasteiger partial charge >= 0.3 is 0 Å². The summed E-state index contributed by atoms with van der Waals surface area (Å²) in [4.78, 5) is 16.7. The lowest BCUT2D eigenvalue weighted by Crippen LogP contribution is -2.54. The van der Waals surface area contributed by atoms with Crippen LogP contribution < -0.4 is 9.62 Å². The summed E-state index contributed by atoms with van der Waals surface area (Å²) < 4.78 is 27.5. The molecule has 29 heavy (non-hydrogen) atoms. The van der Waals surface area contributed by atoms with Crippen molar-refractivity contribution < 1.29 is 13.2 Å². The van der Waals surface area contributed by atoms with Crippen LogP contribution >= 0.6 is 23.2 Å². The highest BCUT2D eigenvalue weighted by Crippen LogP contribution is 2.25. The molecule has 1 aliphatic heterocycles. The first-order chi connectivity index (χ1) is 13.7. The molecular weight excluding hydrogens is 433 g/mol. The van der Waals surface area contributed by atoms with Gasteiger partial charge in [0.2, 0.25) is 15.9 Å². The molecule has 156 valence electrons. The number of benzene rings is 2. The third kappa shape index (κ3) is 5.22. The molecule has 0 aromatic heterocycles. The molecule has 6 nitrogen and oxygen atoms in total. The predicted octanol–water partition coefficient (Wildman–Crippen LogP) is 3.32. The van der Waals surface area contributed by atoms with E-state index in [1.54, 1.807) is 11.8 Å². The van der Waals surface area contributed by atoms with E-state index in [2.05, 4.69) is 9.62 Å². The van der Waals surface area contributed by atoms with Crippen molar-refractivity contribution in [3.8, 4) is 0 Å². The maximum Gasteiger partial charge on any atom is 0.241 e. The second-order valence-electron chi connectivity index (χ2n) is 7.04. The molecule has 1 amide bonds. The Morgan fingerprint density at radius 3 is 2.21 bits per heavy atom. The highest BCUT2D eigenvalue weighted by Gasteiger charge is 2.28. The number of sulfonamides is 1. The van der Waals surface area contributed by atoms with Crippen LogP contribution in [-0.4, -0.2) is 51.4 Å². The van der Waals surface area contributed by atoms with Gasteiger partial charge in [-0.15, -0.1) is 0 Å². The van der Waals surface area contributed by atoms with E-state index in [1.807, 2.05) is 25.1 Å². The van der Waals surface area contributed by atoms with Crippen LogP contribution in [0.5, 0.6) is 0 Å². The molecule has 0 spiro atoms. The Morgan fingerprint density at radius 2 is 1.59 bits per heavy atom. The van der Waals surface area contributed by atoms with Crippen molar-refractivity contribution in [1.82, 2.24) is 9.62 Å². The first-order valence-corrected chi connectivity index (χ1v) is 11.5. The molecule has 1 saturated heterocycles. The fourth-order valence-electron chi connectivity index (χ4n) is 3.33. The maximum absolute atomic E-state index is 12.8. The molecule has 2 aromatic rings. The Hall–Kier alpha value is -1.80. The number of hydrogen-bond acceptors (Lipinski definition) is 4. The van der Waals surface area contributed by atoms with E-state index >= 15 is 0 Å². The van der Waals surface area contributed by atoms with Crippen molar-refractivity contribution in [3.63, 3.8) is 0 Å². The second kappa shape index (κ2) is 8.92. The van der Waals surface area contributed by atoms with Gasteiger partial charge in [0.1, 0.15) is 0 Å². The highest BCUT2D eigenvalue weighted by molar-refractivity contribution is 7.89. The van der Waals surface area contributed by atoms with E-state index in [4.69, 9.17) is 23.2 Å². The van der Waals surface area contributed by atoms with Crippen LogP contribution in [0.3, 0.4) is 0 Å². The number of anilines is 1. The van der Waals surface area contributed by atoms with E-state index in [0.717, 1.165) is 11.3 Å². The monoisotopic (exact) mass is 455 g/mol. The Bertz CT molecular complexity index is 989. The lowest BCUT2D eigenvalue weighted by molar-refractivity contribution is -0.132. The minimum absolute atomic E-state index is 0.0720. The fourth-order valence-corrected chi connectivity index (χ4v) is 4.82. The van der Waals surface area contributed by atoms with E-state index in [1.165, 1.54) is 24.3 Å². The molecule has 1 aliphatic rings. The summed E-state index contributed by atoms with van der Waals surface area (Å²) in [6.45, 7) is 5.92. The van der Waals surface area contributed by atoms with Gasteiger partial charge in [-0.2, -0.15) is 4.72 Å². The van der Waals surface area contributed by atoms with Crippen LogP contribution in [0.15, 0.2) is 47.4 Å². The quantitative estimate of drug-likeness (QED) is 0.750. The molecule has 1 heterocycles. The summed E-state index contributed by atoms with van der Waals surface area (Å²) in [7, 11) is -3.81. The van der Waals surface area contributed by atoms with Gasteiger partial charge < -0.3 is 9.80 Å². The molecule has 1 fully saturated rings. The second-order valence-corrected chi connectivity index (χ2v) is 9.63. The average molecular weight is 456 g/mol. The Balaban J connectivity index is 1.61. The topological polar surface area (TPSA) is 69.7 Å². The van der Waals surface area contributed by atoms with Crippen LogP contribution in [0.1, 0.15) is 12.5 Å². The minimum Gasteiger partial charge on any atom is -0.368 e. The number of aryl methyl sites for hydroxylation is 1. The molecule has 2 aromatic carbocycles. The van der Waals surface area contributed by atoms with E-state index in [-0.39, 0.29) is 10.8 Å². The smallest absolute Gasteiger partial charge is 0.241 e. The maximum atomic E-state index is 12.8. The molecule has 1 atom stereocenters. The lowest BCUT2D eigenvalue weighted by atomic mass is 10.1. The SMILES string of the molecule is Cc1ccc(Cl)cc1N1CCN(C(=O)[C@H](C)NS(=O)(=O)c2ccc(Cl)cc2)CC1. The first-order valence-electron chi connectivity index (χ1n) is 9.25. The normalized spacial score (nSPS) is 16.0. The number of amides is 1. The minimum atomic E-state index is -3.81. The molecule has 1 N–H and O–H groups in total. The van der Waals surface area contributed by atoms with Crippen molar-refractivity contribution in [3.05, 3.63) is 58.1 Å². The summed E-state index contributed by atoms with van der Waals surface area (Å²) >= 11 is 11.9. The number of piperazine rings is 1. The third-order valence-electron chi connectivity index (χ3n) is 4.93. The van der Waals surface area contributed by atoms with Crippen LogP contribution in [0.4, 0.5) is 5.69 Å². The number of halogens is 2. The van der Waals surface area contributed by atoms with Gasteiger partial charge in [0.15, 0.2) is 0 Å². The van der Waals surface area contributed by atoms with Crippen LogP contribution in [-0.2, 0) is 14.8 Å². The van der Waals surface area contributed by atoms with Crippen molar-refractivity contribution in [1.29, 1.82) is 0 Å². The van der Waals surface area contributed by atoms with Gasteiger partial charge in [-0.25, -0.2) is 8.42 Å². The average Bonchev–Trinajstić information content (AvgIpc) is 2.69. The largest absolute Gasteiger partial charge is 0.368 e. The van der Waals surface area contributed by atoms with Gasteiger partial charge in [0.05, 0.1) is 10.9 Å². The molecule has 0 saturated carbocycles. The number of carbonyl (C=O) groups excluding carboxylic acids is 1. The van der Waals surface area contributed by atoms with Gasteiger partial charge in [-0.3, -0.25) is 4.79 Å². The van der Waals surface area contributed by atoms with Crippen LogP contribution in [0.25, 0.3) is 0 Å². The summed E-state index contributed by atoms with van der Waals surface area (Å²) in [6, 6.07) is 10.7. The van der Waals surface area contributed by atoms with E-state index < -0.39 is 16.1 Å². The summed E-state index contributed by atoms with van der Waals surface area (Å²) in [5.74, 6) is -0.245. The number of nitrogens with one attached hydrogen (secondary N) is 1. The molecule has 3 rings (SSSR count). The van der Waals surface area contributed by atoms with Crippen molar-refractivity contribution in [2.45, 2.75) is 24.8 Å². The van der Waals surface area contributed by atoms with Crippen LogP contribution in [0, 0.1) is 6.92 Å². The van der Waals surface area contributed by atoms with Gasteiger partial charge in [0.25, 0.3) is 0 Å². The summed E-state index contributed by atoms with van der Waals surface area (Å²) in [5, 5.41) is 1.12. The molecular formula is C20H23Cl2N3O3S. The number of hydrogen-bond donors (Lipinski definition) is 1. The van der Waals surface area contributed by atoms with Gasteiger partial charge in [0, 0.05) is 41.9 Å². The highest BCUT2D eigenvalue weighted by atomic mass is 35.5. The lowest BCUT2D eigenvalue weighted by Gasteiger charge is -2.37. The number of rotatable bonds is 5. The van der Waals surface area contributed by atoms with Crippen molar-refractivity contribution in [2.75, 3.05) is 31.1 Å². The zero-order chi connectivity index (χ0) is 21.2. The van der Waals surface area contributed by atoms with Gasteiger partial charge in [-0.1, -0.05) is 29.3 Å². The molecule has 0 bridgehead atoms.